The topological polar surface area (TPSA) is 140 Å². The van der Waals surface area contributed by atoms with Gasteiger partial charge in [0.2, 0.25) is 0 Å². The van der Waals surface area contributed by atoms with Crippen molar-refractivity contribution in [3.63, 3.8) is 0 Å². The fourth-order valence-electron chi connectivity index (χ4n) is 3.56. The Morgan fingerprint density at radius 3 is 1.95 bits per heavy atom. The summed E-state index contributed by atoms with van der Waals surface area (Å²) in [7, 11) is -4.46. The van der Waals surface area contributed by atoms with E-state index in [-0.39, 0.29) is 45.1 Å². The lowest BCUT2D eigenvalue weighted by Gasteiger charge is -2.14. The van der Waals surface area contributed by atoms with E-state index in [9.17, 15) is 22.8 Å². The highest BCUT2D eigenvalue weighted by Crippen LogP contribution is 2.26. The number of benzene rings is 4. The number of urea groups is 1. The average Bonchev–Trinajstić information content (AvgIpc) is 2.96. The van der Waals surface area contributed by atoms with Crippen LogP contribution < -0.4 is 15.4 Å². The van der Waals surface area contributed by atoms with Crippen molar-refractivity contribution in [3.8, 4) is 0 Å². The highest BCUT2D eigenvalue weighted by molar-refractivity contribution is 7.90. The van der Waals surface area contributed by atoms with E-state index in [2.05, 4.69) is 10.6 Å². The largest absolute Gasteiger partial charge is 0.457 e. The zero-order chi connectivity index (χ0) is 30.1. The van der Waals surface area contributed by atoms with Crippen molar-refractivity contribution < 1.29 is 32.3 Å². The second-order valence-corrected chi connectivity index (χ2v) is 11.2. The van der Waals surface area contributed by atoms with Gasteiger partial charge in [0.1, 0.15) is 13.2 Å². The van der Waals surface area contributed by atoms with E-state index in [4.69, 9.17) is 32.7 Å². The lowest BCUT2D eigenvalue weighted by molar-refractivity contribution is 0.0474. The summed E-state index contributed by atoms with van der Waals surface area (Å²) in [5.74, 6) is -0.763. The first-order valence-corrected chi connectivity index (χ1v) is 14.5. The minimum Gasteiger partial charge on any atom is -0.457 e. The van der Waals surface area contributed by atoms with E-state index < -0.39 is 28.1 Å². The van der Waals surface area contributed by atoms with Gasteiger partial charge in [-0.25, -0.2) is 27.5 Å². The Hall–Kier alpha value is -4.58. The fourth-order valence-corrected chi connectivity index (χ4v) is 4.83. The Balaban J connectivity index is 1.42. The normalized spacial score (nSPS) is 10.8. The van der Waals surface area contributed by atoms with Gasteiger partial charge in [-0.3, -0.25) is 5.32 Å². The number of ether oxygens (including phenoxy) is 2. The Kier molecular flexibility index (Phi) is 10.0. The van der Waals surface area contributed by atoms with Gasteiger partial charge in [-0.1, -0.05) is 83.9 Å². The molecule has 0 aliphatic carbocycles. The molecule has 4 aromatic rings. The van der Waals surface area contributed by atoms with Gasteiger partial charge in [-0.15, -0.1) is 0 Å². The molecule has 0 saturated heterocycles. The first-order valence-electron chi connectivity index (χ1n) is 12.2. The molecular formula is C29H23Cl2N3O7S. The molecule has 0 spiro atoms. The third-order valence-electron chi connectivity index (χ3n) is 5.59. The minimum absolute atomic E-state index is 0.0186. The van der Waals surface area contributed by atoms with Crippen molar-refractivity contribution in [2.24, 2.45) is 0 Å². The molecule has 0 aromatic heterocycles. The molecule has 10 nitrogen and oxygen atoms in total. The molecule has 4 rings (SSSR count). The minimum atomic E-state index is -4.46. The van der Waals surface area contributed by atoms with Crippen molar-refractivity contribution in [1.29, 1.82) is 0 Å². The van der Waals surface area contributed by atoms with E-state index in [1.165, 1.54) is 24.3 Å². The molecule has 42 heavy (non-hydrogen) atoms. The van der Waals surface area contributed by atoms with Crippen LogP contribution in [0.25, 0.3) is 0 Å². The number of halogens is 2. The van der Waals surface area contributed by atoms with Gasteiger partial charge in [0.25, 0.3) is 10.0 Å². The molecular weight excluding hydrogens is 605 g/mol. The number of rotatable bonds is 9. The molecule has 3 N–H and O–H groups in total. The maximum atomic E-state index is 13.0. The molecule has 4 aromatic carbocycles. The molecule has 0 fully saturated rings. The Morgan fingerprint density at radius 1 is 0.690 bits per heavy atom. The molecule has 0 atom stereocenters. The van der Waals surface area contributed by atoms with Crippen molar-refractivity contribution >= 4 is 62.7 Å². The summed E-state index contributed by atoms with van der Waals surface area (Å²) >= 11 is 12.2. The lowest BCUT2D eigenvalue weighted by atomic mass is 10.2. The van der Waals surface area contributed by atoms with Gasteiger partial charge in [0.05, 0.1) is 26.9 Å². The molecule has 3 amide bonds. The number of carbonyl (C=O) groups excluding carboxylic acids is 3. The van der Waals surface area contributed by atoms with E-state index in [0.29, 0.717) is 0 Å². The molecule has 0 heterocycles. The maximum absolute atomic E-state index is 13.0. The average molecular weight is 628 g/mol. The molecule has 0 saturated carbocycles. The quantitative estimate of drug-likeness (QED) is 0.177. The van der Waals surface area contributed by atoms with Crippen molar-refractivity contribution in [1.82, 2.24) is 4.72 Å². The summed E-state index contributed by atoms with van der Waals surface area (Å²) in [4.78, 5) is 37.3. The molecule has 0 bridgehead atoms. The molecule has 216 valence electrons. The van der Waals surface area contributed by atoms with E-state index in [1.54, 1.807) is 48.5 Å². The van der Waals surface area contributed by atoms with E-state index in [0.717, 1.165) is 23.3 Å². The molecule has 0 aliphatic heterocycles. The van der Waals surface area contributed by atoms with Gasteiger partial charge in [-0.05, 0) is 47.5 Å². The van der Waals surface area contributed by atoms with Crippen LogP contribution in [0, 0.1) is 0 Å². The van der Waals surface area contributed by atoms with Crippen LogP contribution in [0.2, 0.25) is 10.0 Å². The van der Waals surface area contributed by atoms with Gasteiger partial charge in [-0.2, -0.15) is 0 Å². The lowest BCUT2D eigenvalue weighted by Crippen LogP contribution is -2.34. The van der Waals surface area contributed by atoms with Crippen LogP contribution in [0.5, 0.6) is 0 Å². The van der Waals surface area contributed by atoms with Crippen LogP contribution in [0.1, 0.15) is 21.5 Å². The highest BCUT2D eigenvalue weighted by atomic mass is 35.5. The summed E-state index contributed by atoms with van der Waals surface area (Å²) in [6.07, 6.45) is -0.867. The highest BCUT2D eigenvalue weighted by Gasteiger charge is 2.22. The Bertz CT molecular complexity index is 1700. The third kappa shape index (κ3) is 8.46. The molecule has 13 heteroatoms. The zero-order valence-electron chi connectivity index (χ0n) is 21.7. The first-order chi connectivity index (χ1) is 20.1. The fraction of sp³-hybridized carbons (Fsp3) is 0.0690. The predicted octanol–water partition coefficient (Wildman–Crippen LogP) is 6.61. The summed E-state index contributed by atoms with van der Waals surface area (Å²) in [5.41, 5.74) is 1.32. The van der Waals surface area contributed by atoms with Gasteiger partial charge in [0.15, 0.2) is 0 Å². The number of nitrogens with one attached hydrogen (secondary N) is 3. The predicted molar refractivity (Wildman–Crippen MR) is 158 cm³/mol. The number of carbonyl (C=O) groups is 3. The number of esters is 1. The van der Waals surface area contributed by atoms with E-state index >= 15 is 0 Å². The van der Waals surface area contributed by atoms with Gasteiger partial charge >= 0.3 is 18.1 Å². The second kappa shape index (κ2) is 13.9. The standard InChI is InChI=1S/C29H23Cl2N3O7S/c30-21-11-13-23(27(35)40-17-19-7-3-1-4-8-19)25(15-21)32-28(36)34-42(38,39)22-12-14-24(31)26(16-22)33-29(37)41-18-20-9-5-2-6-10-20/h1-16H,17-18H2,(H,33,37)(H2,32,34,36). The molecule has 0 unspecified atom stereocenters. The van der Waals surface area contributed by atoms with Crippen LogP contribution in [0.15, 0.2) is 102 Å². The van der Waals surface area contributed by atoms with E-state index in [1.807, 2.05) is 16.9 Å². The van der Waals surface area contributed by atoms with Crippen LogP contribution in [-0.2, 0) is 32.7 Å². The summed E-state index contributed by atoms with van der Waals surface area (Å²) < 4.78 is 38.2. The number of hydrogen-bond donors (Lipinski definition) is 3. The molecule has 0 aliphatic rings. The van der Waals surface area contributed by atoms with Crippen LogP contribution in [-0.4, -0.2) is 26.5 Å². The zero-order valence-corrected chi connectivity index (χ0v) is 24.0. The van der Waals surface area contributed by atoms with Gasteiger partial charge in [0, 0.05) is 5.02 Å². The van der Waals surface area contributed by atoms with Crippen molar-refractivity contribution in [3.05, 3.63) is 124 Å². The summed E-state index contributed by atoms with van der Waals surface area (Å²) in [5, 5.41) is 4.92. The first kappa shape index (κ1) is 30.4. The SMILES string of the molecule is O=C(Nc1cc(Cl)ccc1C(=O)OCc1ccccc1)NS(=O)(=O)c1ccc(Cl)c(NC(=O)OCc2ccccc2)c1. The summed E-state index contributed by atoms with van der Waals surface area (Å²) in [6.45, 7) is -0.0374. The maximum Gasteiger partial charge on any atom is 0.412 e. The van der Waals surface area contributed by atoms with Gasteiger partial charge < -0.3 is 14.8 Å². The monoisotopic (exact) mass is 627 g/mol. The third-order valence-corrected chi connectivity index (χ3v) is 7.48. The smallest absolute Gasteiger partial charge is 0.412 e. The van der Waals surface area contributed by atoms with Crippen molar-refractivity contribution in [2.75, 3.05) is 10.6 Å². The van der Waals surface area contributed by atoms with Crippen LogP contribution >= 0.6 is 23.2 Å². The van der Waals surface area contributed by atoms with Crippen LogP contribution in [0.4, 0.5) is 21.0 Å². The Labute approximate surface area is 251 Å². The summed E-state index contributed by atoms with van der Waals surface area (Å²) in [6, 6.07) is 24.2. The van der Waals surface area contributed by atoms with Crippen LogP contribution in [0.3, 0.4) is 0 Å². The number of amides is 3. The number of sulfonamides is 1. The van der Waals surface area contributed by atoms with Crippen molar-refractivity contribution in [2.45, 2.75) is 18.1 Å². The number of anilines is 2. The molecule has 0 radical (unpaired) electrons. The Morgan fingerprint density at radius 2 is 1.31 bits per heavy atom. The second-order valence-electron chi connectivity index (χ2n) is 8.64. The number of hydrogen-bond acceptors (Lipinski definition) is 7.